The van der Waals surface area contributed by atoms with Gasteiger partial charge in [-0.1, -0.05) is 30.3 Å². The summed E-state index contributed by atoms with van der Waals surface area (Å²) in [6.07, 6.45) is 2.71. The predicted octanol–water partition coefficient (Wildman–Crippen LogP) is 1.67. The van der Waals surface area contributed by atoms with E-state index in [1.807, 2.05) is 24.3 Å². The van der Waals surface area contributed by atoms with Crippen molar-refractivity contribution in [1.82, 2.24) is 9.97 Å². The van der Waals surface area contributed by atoms with Crippen LogP contribution in [0.1, 0.15) is 12.0 Å². The predicted molar refractivity (Wildman–Crippen MR) is 80.5 cm³/mol. The number of anilines is 1. The molecule has 3 rings (SSSR count). The van der Waals surface area contributed by atoms with Gasteiger partial charge >= 0.3 is 0 Å². The van der Waals surface area contributed by atoms with Gasteiger partial charge in [-0.25, -0.2) is 9.97 Å². The number of aliphatic hydroxyl groups excluding tert-OH is 1. The SMILES string of the molecule is COc1cc(N2CC[C@H](O)[C@@H]2Cc2ccccc2)ncn1. The molecule has 2 atom stereocenters. The fourth-order valence-corrected chi connectivity index (χ4v) is 2.82. The highest BCUT2D eigenvalue weighted by atomic mass is 16.5. The van der Waals surface area contributed by atoms with E-state index in [4.69, 9.17) is 4.74 Å². The van der Waals surface area contributed by atoms with Gasteiger partial charge in [0.1, 0.15) is 12.1 Å². The summed E-state index contributed by atoms with van der Waals surface area (Å²) in [4.78, 5) is 10.5. The van der Waals surface area contributed by atoms with Gasteiger partial charge in [0, 0.05) is 12.6 Å². The zero-order valence-electron chi connectivity index (χ0n) is 12.0. The molecule has 0 spiro atoms. The summed E-state index contributed by atoms with van der Waals surface area (Å²) in [6.45, 7) is 0.791. The van der Waals surface area contributed by atoms with E-state index in [9.17, 15) is 5.11 Å². The van der Waals surface area contributed by atoms with E-state index in [1.54, 1.807) is 7.11 Å². The summed E-state index contributed by atoms with van der Waals surface area (Å²) >= 11 is 0. The van der Waals surface area contributed by atoms with Crippen molar-refractivity contribution >= 4 is 5.82 Å². The minimum Gasteiger partial charge on any atom is -0.481 e. The van der Waals surface area contributed by atoms with Crippen molar-refractivity contribution in [3.8, 4) is 5.88 Å². The summed E-state index contributed by atoms with van der Waals surface area (Å²) in [5.41, 5.74) is 1.22. The van der Waals surface area contributed by atoms with Crippen molar-refractivity contribution in [2.45, 2.75) is 25.0 Å². The molecule has 0 saturated carbocycles. The van der Waals surface area contributed by atoms with Crippen LogP contribution in [0.2, 0.25) is 0 Å². The highest BCUT2D eigenvalue weighted by Gasteiger charge is 2.33. The maximum absolute atomic E-state index is 10.3. The van der Waals surface area contributed by atoms with Gasteiger partial charge in [-0.3, -0.25) is 0 Å². The van der Waals surface area contributed by atoms with Crippen molar-refractivity contribution in [2.75, 3.05) is 18.6 Å². The van der Waals surface area contributed by atoms with Crippen LogP contribution >= 0.6 is 0 Å². The molecular formula is C16H19N3O2. The zero-order valence-corrected chi connectivity index (χ0v) is 12.0. The molecule has 0 radical (unpaired) electrons. The first-order chi connectivity index (χ1) is 10.3. The maximum atomic E-state index is 10.3. The highest BCUT2D eigenvalue weighted by Crippen LogP contribution is 2.27. The Balaban J connectivity index is 1.83. The zero-order chi connectivity index (χ0) is 14.7. The number of ether oxygens (including phenoxy) is 1. The largest absolute Gasteiger partial charge is 0.481 e. The highest BCUT2D eigenvalue weighted by molar-refractivity contribution is 5.44. The van der Waals surface area contributed by atoms with Crippen LogP contribution in [-0.4, -0.2) is 40.9 Å². The van der Waals surface area contributed by atoms with Crippen LogP contribution < -0.4 is 9.64 Å². The van der Waals surface area contributed by atoms with E-state index >= 15 is 0 Å². The molecule has 1 aliphatic heterocycles. The third kappa shape index (κ3) is 2.97. The normalized spacial score (nSPS) is 21.5. The lowest BCUT2D eigenvalue weighted by atomic mass is 10.0. The third-order valence-corrected chi connectivity index (χ3v) is 3.93. The lowest BCUT2D eigenvalue weighted by Gasteiger charge is -2.27. The maximum Gasteiger partial charge on any atom is 0.218 e. The van der Waals surface area contributed by atoms with Crippen LogP contribution in [0, 0.1) is 0 Å². The first-order valence-electron chi connectivity index (χ1n) is 7.12. The van der Waals surface area contributed by atoms with E-state index in [0.29, 0.717) is 5.88 Å². The Hall–Kier alpha value is -2.14. The fraction of sp³-hybridized carbons (Fsp3) is 0.375. The number of methoxy groups -OCH3 is 1. The Morgan fingerprint density at radius 1 is 1.29 bits per heavy atom. The third-order valence-electron chi connectivity index (χ3n) is 3.93. The monoisotopic (exact) mass is 285 g/mol. The van der Waals surface area contributed by atoms with Gasteiger partial charge in [-0.15, -0.1) is 0 Å². The van der Waals surface area contributed by atoms with E-state index in [-0.39, 0.29) is 12.1 Å². The Kier molecular flexibility index (Phi) is 4.01. The molecule has 0 aliphatic carbocycles. The van der Waals surface area contributed by atoms with Gasteiger partial charge in [0.05, 0.1) is 19.3 Å². The van der Waals surface area contributed by atoms with Crippen molar-refractivity contribution in [3.05, 3.63) is 48.3 Å². The Morgan fingerprint density at radius 3 is 2.86 bits per heavy atom. The second-order valence-electron chi connectivity index (χ2n) is 5.23. The summed E-state index contributed by atoms with van der Waals surface area (Å²) in [7, 11) is 1.59. The standard InChI is InChI=1S/C16H19N3O2/c1-21-16-10-15(17-11-18-16)19-8-7-14(20)13(19)9-12-5-3-2-4-6-12/h2-6,10-11,13-14,20H,7-9H2,1H3/t13-,14-/m0/s1. The van der Waals surface area contributed by atoms with Crippen molar-refractivity contribution in [3.63, 3.8) is 0 Å². The Morgan fingerprint density at radius 2 is 2.10 bits per heavy atom. The molecule has 2 aromatic rings. The number of aliphatic hydroxyl groups is 1. The van der Waals surface area contributed by atoms with Crippen LogP contribution in [0.25, 0.3) is 0 Å². The molecule has 1 aliphatic rings. The van der Waals surface area contributed by atoms with Crippen LogP contribution in [0.15, 0.2) is 42.7 Å². The van der Waals surface area contributed by atoms with Gasteiger partial charge in [0.25, 0.3) is 0 Å². The number of aromatic nitrogens is 2. The van der Waals surface area contributed by atoms with Crippen LogP contribution in [-0.2, 0) is 6.42 Å². The van der Waals surface area contributed by atoms with E-state index < -0.39 is 0 Å². The molecular weight excluding hydrogens is 266 g/mol. The molecule has 0 bridgehead atoms. The topological polar surface area (TPSA) is 58.5 Å². The molecule has 1 saturated heterocycles. The van der Waals surface area contributed by atoms with E-state index in [0.717, 1.165) is 25.2 Å². The summed E-state index contributed by atoms with van der Waals surface area (Å²) in [6, 6.07) is 12.1. The van der Waals surface area contributed by atoms with E-state index in [1.165, 1.54) is 11.9 Å². The Labute approximate surface area is 124 Å². The fourth-order valence-electron chi connectivity index (χ4n) is 2.82. The summed E-state index contributed by atoms with van der Waals surface area (Å²) in [5, 5.41) is 10.3. The average molecular weight is 285 g/mol. The molecule has 0 unspecified atom stereocenters. The van der Waals surface area contributed by atoms with Crippen LogP contribution in [0.5, 0.6) is 5.88 Å². The van der Waals surface area contributed by atoms with Crippen molar-refractivity contribution in [1.29, 1.82) is 0 Å². The van der Waals surface area contributed by atoms with Gasteiger partial charge < -0.3 is 14.7 Å². The first-order valence-corrected chi connectivity index (χ1v) is 7.12. The lowest BCUT2D eigenvalue weighted by Crippen LogP contribution is -2.37. The van der Waals surface area contributed by atoms with Crippen LogP contribution in [0.4, 0.5) is 5.82 Å². The van der Waals surface area contributed by atoms with Gasteiger partial charge in [-0.05, 0) is 18.4 Å². The van der Waals surface area contributed by atoms with Gasteiger partial charge in [0.2, 0.25) is 5.88 Å². The number of hydrogen-bond acceptors (Lipinski definition) is 5. The quantitative estimate of drug-likeness (QED) is 0.926. The smallest absolute Gasteiger partial charge is 0.218 e. The molecule has 0 amide bonds. The minimum atomic E-state index is -0.342. The molecule has 1 aromatic heterocycles. The number of nitrogens with zero attached hydrogens (tertiary/aromatic N) is 3. The second kappa shape index (κ2) is 6.10. The molecule has 1 N–H and O–H groups in total. The molecule has 5 nitrogen and oxygen atoms in total. The summed E-state index contributed by atoms with van der Waals surface area (Å²) in [5.74, 6) is 1.35. The van der Waals surface area contributed by atoms with Gasteiger partial charge in [-0.2, -0.15) is 0 Å². The number of rotatable bonds is 4. The van der Waals surface area contributed by atoms with Crippen LogP contribution in [0.3, 0.4) is 0 Å². The molecule has 1 aromatic carbocycles. The Bertz CT molecular complexity index is 591. The van der Waals surface area contributed by atoms with Crippen molar-refractivity contribution < 1.29 is 9.84 Å². The van der Waals surface area contributed by atoms with E-state index in [2.05, 4.69) is 27.0 Å². The first kappa shape index (κ1) is 13.8. The summed E-state index contributed by atoms with van der Waals surface area (Å²) < 4.78 is 5.15. The second-order valence-corrected chi connectivity index (χ2v) is 5.23. The lowest BCUT2D eigenvalue weighted by molar-refractivity contribution is 0.164. The molecule has 1 fully saturated rings. The molecule has 110 valence electrons. The minimum absolute atomic E-state index is 0.0343. The molecule has 21 heavy (non-hydrogen) atoms. The molecule has 2 heterocycles. The number of hydrogen-bond donors (Lipinski definition) is 1. The van der Waals surface area contributed by atoms with Gasteiger partial charge in [0.15, 0.2) is 0 Å². The number of benzene rings is 1. The molecule has 5 heteroatoms. The van der Waals surface area contributed by atoms with Crippen molar-refractivity contribution in [2.24, 2.45) is 0 Å². The average Bonchev–Trinajstić information content (AvgIpc) is 2.89.